The molecule has 0 aliphatic heterocycles. The average molecular weight is 596 g/mol. The number of hydrogen-bond donors (Lipinski definition) is 1. The first-order chi connectivity index (χ1) is 17.1. The van der Waals surface area contributed by atoms with Crippen molar-refractivity contribution in [3.8, 4) is 5.69 Å². The number of halogens is 6. The fourth-order valence-electron chi connectivity index (χ4n) is 3.58. The summed E-state index contributed by atoms with van der Waals surface area (Å²) in [5, 5.41) is 4.19. The van der Waals surface area contributed by atoms with Crippen molar-refractivity contribution in [3.05, 3.63) is 80.0 Å². The van der Waals surface area contributed by atoms with E-state index in [-0.39, 0.29) is 5.69 Å². The molecule has 198 valence electrons. The third-order valence-corrected chi connectivity index (χ3v) is 7.25. The first-order valence-electron chi connectivity index (χ1n) is 10.4. The smallest absolute Gasteiger partial charge is 0.316 e. The Morgan fingerprint density at radius 1 is 1.08 bits per heavy atom. The van der Waals surface area contributed by atoms with Gasteiger partial charge in [-0.1, -0.05) is 34.8 Å². The van der Waals surface area contributed by atoms with Gasteiger partial charge in [-0.3, -0.25) is 9.10 Å². The fraction of sp³-hybridized carbons (Fsp3) is 0.217. The number of carbonyl (C=O) groups excluding carboxylic acids is 1. The molecule has 1 heterocycles. The van der Waals surface area contributed by atoms with Crippen molar-refractivity contribution in [1.82, 2.24) is 9.99 Å². The number of hydrogen-bond acceptors (Lipinski definition) is 4. The van der Waals surface area contributed by atoms with Gasteiger partial charge in [-0.15, -0.1) is 0 Å². The highest BCUT2D eigenvalue weighted by molar-refractivity contribution is 7.92. The first-order valence-corrected chi connectivity index (χ1v) is 13.4. The highest BCUT2D eigenvalue weighted by Gasteiger charge is 2.34. The summed E-state index contributed by atoms with van der Waals surface area (Å²) in [6.07, 6.45) is -2.69. The van der Waals surface area contributed by atoms with Crippen LogP contribution in [-0.4, -0.2) is 37.9 Å². The molecule has 3 aromatic rings. The van der Waals surface area contributed by atoms with E-state index in [9.17, 15) is 26.4 Å². The van der Waals surface area contributed by atoms with Gasteiger partial charge in [-0.25, -0.2) is 13.8 Å². The molecule has 0 atom stereocenters. The lowest BCUT2D eigenvalue weighted by atomic mass is 10.2. The fourth-order valence-corrected chi connectivity index (χ4v) is 5.14. The molecule has 1 amide bonds. The molecule has 0 fully saturated rings. The summed E-state index contributed by atoms with van der Waals surface area (Å²) in [5.74, 6) is -0.875. The summed E-state index contributed by atoms with van der Waals surface area (Å²) in [6.45, 7) is 2.85. The Morgan fingerprint density at radius 3 is 2.35 bits per heavy atom. The first kappa shape index (κ1) is 28.8. The van der Waals surface area contributed by atoms with Crippen LogP contribution in [0.2, 0.25) is 15.1 Å². The lowest BCUT2D eigenvalue weighted by Gasteiger charge is -2.22. The minimum absolute atomic E-state index is 0.373. The van der Waals surface area contributed by atoms with Crippen LogP contribution in [0.3, 0.4) is 0 Å². The van der Waals surface area contributed by atoms with Crippen molar-refractivity contribution in [2.24, 2.45) is 5.10 Å². The molecule has 0 radical (unpaired) electrons. The molecule has 1 N–H and O–H groups in total. The molecule has 2 aromatic carbocycles. The van der Waals surface area contributed by atoms with Gasteiger partial charge in [0, 0.05) is 22.0 Å². The molecule has 0 saturated carbocycles. The highest BCUT2D eigenvalue weighted by atomic mass is 35.5. The van der Waals surface area contributed by atoms with Crippen molar-refractivity contribution in [2.45, 2.75) is 20.0 Å². The molecule has 14 heteroatoms. The van der Waals surface area contributed by atoms with Crippen molar-refractivity contribution in [2.75, 3.05) is 17.1 Å². The average Bonchev–Trinajstić information content (AvgIpc) is 3.04. The molecule has 0 spiro atoms. The van der Waals surface area contributed by atoms with E-state index in [1.54, 1.807) is 24.3 Å². The van der Waals surface area contributed by atoms with Gasteiger partial charge >= 0.3 is 6.18 Å². The number of sulfonamides is 1. The molecule has 7 nitrogen and oxygen atoms in total. The second kappa shape index (κ2) is 10.9. The molecule has 0 unspecified atom stereocenters. The molecule has 3 rings (SSSR count). The predicted molar refractivity (Wildman–Crippen MR) is 140 cm³/mol. The number of carbonyl (C=O) groups is 1. The number of alkyl halides is 3. The van der Waals surface area contributed by atoms with E-state index in [2.05, 4.69) is 10.5 Å². The van der Waals surface area contributed by atoms with Crippen molar-refractivity contribution in [1.29, 1.82) is 0 Å². The third kappa shape index (κ3) is 6.78. The predicted octanol–water partition coefficient (Wildman–Crippen LogP) is 5.99. The van der Waals surface area contributed by atoms with Gasteiger partial charge in [-0.05, 0) is 56.3 Å². The van der Waals surface area contributed by atoms with Crippen molar-refractivity contribution < 1.29 is 26.4 Å². The summed E-state index contributed by atoms with van der Waals surface area (Å²) in [5.41, 5.74) is 3.49. The van der Waals surface area contributed by atoms with Crippen molar-refractivity contribution >= 4 is 62.6 Å². The number of nitrogens with one attached hydrogen (secondary N) is 1. The molecular weight excluding hydrogens is 576 g/mol. The summed E-state index contributed by atoms with van der Waals surface area (Å²) in [4.78, 5) is 12.5. The van der Waals surface area contributed by atoms with Crippen LogP contribution in [0, 0.1) is 13.8 Å². The van der Waals surface area contributed by atoms with Crippen LogP contribution in [0.5, 0.6) is 0 Å². The van der Waals surface area contributed by atoms with E-state index in [4.69, 9.17) is 34.8 Å². The molecule has 0 bridgehead atoms. The van der Waals surface area contributed by atoms with Gasteiger partial charge in [-0.2, -0.15) is 18.3 Å². The summed E-state index contributed by atoms with van der Waals surface area (Å²) >= 11 is 17.9. The van der Waals surface area contributed by atoms with Gasteiger partial charge in [0.25, 0.3) is 5.91 Å². The van der Waals surface area contributed by atoms with Gasteiger partial charge in [0.05, 0.1) is 39.5 Å². The number of benzene rings is 2. The Bertz CT molecular complexity index is 1490. The summed E-state index contributed by atoms with van der Waals surface area (Å²) in [7, 11) is -4.13. The molecular formula is C23H20Cl3F3N4O3S. The van der Waals surface area contributed by atoms with Crippen LogP contribution in [0.4, 0.5) is 18.9 Å². The van der Waals surface area contributed by atoms with Crippen LogP contribution < -0.4 is 9.73 Å². The van der Waals surface area contributed by atoms with E-state index in [0.717, 1.165) is 29.8 Å². The number of hydrazone groups is 1. The van der Waals surface area contributed by atoms with Crippen LogP contribution in [-0.2, 0) is 21.0 Å². The quantitative estimate of drug-likeness (QED) is 0.269. The Kier molecular flexibility index (Phi) is 8.53. The van der Waals surface area contributed by atoms with E-state index in [0.29, 0.717) is 31.7 Å². The van der Waals surface area contributed by atoms with Gasteiger partial charge in [0.15, 0.2) is 0 Å². The number of aromatic nitrogens is 1. The minimum atomic E-state index is -4.81. The second-order valence-corrected chi connectivity index (χ2v) is 11.1. The Labute approximate surface area is 226 Å². The normalized spacial score (nSPS) is 12.2. The van der Waals surface area contributed by atoms with E-state index < -0.39 is 39.2 Å². The van der Waals surface area contributed by atoms with E-state index in [1.165, 1.54) is 6.21 Å². The lowest BCUT2D eigenvalue weighted by molar-refractivity contribution is -0.137. The zero-order chi connectivity index (χ0) is 27.7. The maximum atomic E-state index is 13.2. The number of amides is 1. The van der Waals surface area contributed by atoms with E-state index in [1.807, 2.05) is 18.4 Å². The van der Waals surface area contributed by atoms with Crippen molar-refractivity contribution in [3.63, 3.8) is 0 Å². The van der Waals surface area contributed by atoms with Gasteiger partial charge in [0.2, 0.25) is 10.0 Å². The van der Waals surface area contributed by atoms with E-state index >= 15 is 0 Å². The zero-order valence-electron chi connectivity index (χ0n) is 19.6. The Morgan fingerprint density at radius 2 is 1.76 bits per heavy atom. The van der Waals surface area contributed by atoms with Crippen LogP contribution >= 0.6 is 34.8 Å². The number of anilines is 1. The van der Waals surface area contributed by atoms with Crippen LogP contribution in [0.1, 0.15) is 22.5 Å². The number of nitrogens with zero attached hydrogens (tertiary/aromatic N) is 3. The Hall–Kier alpha value is -2.73. The summed E-state index contributed by atoms with van der Waals surface area (Å²) in [6, 6.07) is 9.41. The number of rotatable bonds is 7. The second-order valence-electron chi connectivity index (χ2n) is 7.98. The minimum Gasteiger partial charge on any atom is -0.316 e. The molecule has 1 aromatic heterocycles. The van der Waals surface area contributed by atoms with Gasteiger partial charge < -0.3 is 4.57 Å². The Balaban J connectivity index is 1.80. The van der Waals surface area contributed by atoms with Gasteiger partial charge in [0.1, 0.15) is 6.54 Å². The number of aryl methyl sites for hydroxylation is 1. The van der Waals surface area contributed by atoms with Crippen LogP contribution in [0.25, 0.3) is 5.69 Å². The monoisotopic (exact) mass is 594 g/mol. The maximum absolute atomic E-state index is 13.2. The lowest BCUT2D eigenvalue weighted by Crippen LogP contribution is -2.39. The molecule has 0 aliphatic carbocycles. The highest BCUT2D eigenvalue weighted by Crippen LogP contribution is 2.37. The largest absolute Gasteiger partial charge is 0.417 e. The summed E-state index contributed by atoms with van der Waals surface area (Å²) < 4.78 is 66.6. The maximum Gasteiger partial charge on any atom is 0.417 e. The zero-order valence-corrected chi connectivity index (χ0v) is 22.7. The SMILES string of the molecule is Cc1cc(/C=N\NC(=O)CN(c2ccc(Cl)c(C(F)(F)F)c2)S(C)(=O)=O)c(C)n1-c1ccc(Cl)cc1Cl. The molecule has 37 heavy (non-hydrogen) atoms. The molecule has 0 saturated heterocycles. The standard InChI is InChI=1S/C23H20Cl3F3N4O3S/c1-13-8-15(14(2)33(13)21-7-4-16(24)9-20(21)26)11-30-31-22(34)12-32(37(3,35)36)17-5-6-19(25)18(10-17)23(27,28)29/h4-11H,12H2,1-3H3,(H,31,34)/b30-11-. The topological polar surface area (TPSA) is 83.8 Å². The van der Waals surface area contributed by atoms with Crippen LogP contribution in [0.15, 0.2) is 47.6 Å². The third-order valence-electron chi connectivity index (χ3n) is 5.24. The molecule has 0 aliphatic rings.